The maximum absolute atomic E-state index is 14.0. The third-order valence-corrected chi connectivity index (χ3v) is 11.9. The number of hydrogen-bond acceptors (Lipinski definition) is 11. The van der Waals surface area contributed by atoms with Gasteiger partial charge in [0.25, 0.3) is 0 Å². The molecule has 1 saturated heterocycles. The van der Waals surface area contributed by atoms with Gasteiger partial charge in [-0.2, -0.15) is 10.2 Å². The van der Waals surface area contributed by atoms with Crippen molar-refractivity contribution in [1.82, 2.24) is 38.3 Å². The fourth-order valence-electron chi connectivity index (χ4n) is 7.03. The van der Waals surface area contributed by atoms with Crippen LogP contribution in [0.2, 0.25) is 0 Å². The third-order valence-electron chi connectivity index (χ3n) is 11.4. The summed E-state index contributed by atoms with van der Waals surface area (Å²) in [6, 6.07) is 16.3. The van der Waals surface area contributed by atoms with Crippen LogP contribution in [0.3, 0.4) is 0 Å². The zero-order chi connectivity index (χ0) is 48.4. The van der Waals surface area contributed by atoms with E-state index in [0.717, 1.165) is 33.3 Å². The topological polar surface area (TPSA) is 186 Å². The van der Waals surface area contributed by atoms with Gasteiger partial charge in [0, 0.05) is 73.4 Å². The molecule has 6 aromatic heterocycles. The number of carbonyl (C=O) groups is 4. The number of pyridine rings is 2. The van der Waals surface area contributed by atoms with E-state index in [9.17, 15) is 28.0 Å². The Hall–Kier alpha value is -7.16. The molecule has 344 valence electrons. The zero-order valence-electron chi connectivity index (χ0n) is 37.4. The smallest absolute Gasteiger partial charge is 0.478 e. The molecule has 8 aromatic rings. The highest BCUT2D eigenvalue weighted by atomic mass is 79.9. The molecule has 16 nitrogen and oxygen atoms in total. The van der Waals surface area contributed by atoms with Gasteiger partial charge in [-0.15, -0.1) is 0 Å². The number of fused-ring (bicyclic) bond motifs is 2. The molecular weight excluding hydrogens is 933 g/mol. The van der Waals surface area contributed by atoms with Crippen LogP contribution >= 0.6 is 15.9 Å². The van der Waals surface area contributed by atoms with Crippen molar-refractivity contribution in [2.75, 3.05) is 7.11 Å². The van der Waals surface area contributed by atoms with Crippen LogP contribution in [-0.4, -0.2) is 92.4 Å². The fraction of sp³-hybridized carbons (Fsp3) is 0.234. The minimum atomic E-state index is -1.17. The third kappa shape index (κ3) is 10.5. The van der Waals surface area contributed by atoms with Gasteiger partial charge in [0.15, 0.2) is 11.6 Å². The van der Waals surface area contributed by atoms with Crippen LogP contribution in [0, 0.1) is 11.6 Å². The Kier molecular flexibility index (Phi) is 13.8. The number of halogens is 3. The van der Waals surface area contributed by atoms with Crippen LogP contribution in [-0.2, 0) is 41.0 Å². The first-order valence-corrected chi connectivity index (χ1v) is 21.4. The predicted octanol–water partition coefficient (Wildman–Crippen LogP) is 7.16. The van der Waals surface area contributed by atoms with E-state index in [1.54, 1.807) is 55.1 Å². The van der Waals surface area contributed by atoms with Crippen molar-refractivity contribution in [3.63, 3.8) is 0 Å². The van der Waals surface area contributed by atoms with Crippen LogP contribution in [0.25, 0.3) is 22.6 Å². The van der Waals surface area contributed by atoms with Crippen molar-refractivity contribution < 1.29 is 47.1 Å². The second-order valence-corrected chi connectivity index (χ2v) is 17.4. The van der Waals surface area contributed by atoms with Crippen LogP contribution in [0.1, 0.15) is 80.5 Å². The molecule has 1 aliphatic rings. The van der Waals surface area contributed by atoms with Crippen molar-refractivity contribution >= 4 is 63.3 Å². The highest BCUT2D eigenvalue weighted by Gasteiger charge is 2.52. The number of aryl methyl sites for hydroxylation is 2. The van der Waals surface area contributed by atoms with E-state index in [1.807, 2.05) is 66.2 Å². The molecule has 0 saturated carbocycles. The molecule has 2 aromatic carbocycles. The van der Waals surface area contributed by atoms with Crippen molar-refractivity contribution in [2.45, 2.75) is 51.7 Å². The van der Waals surface area contributed by atoms with Crippen LogP contribution < -0.4 is 5.46 Å². The monoisotopic (exact) mass is 976 g/mol. The maximum atomic E-state index is 14.0. The summed E-state index contributed by atoms with van der Waals surface area (Å²) in [6.07, 6.45) is 11.3. The van der Waals surface area contributed by atoms with Gasteiger partial charge in [0.2, 0.25) is 0 Å². The van der Waals surface area contributed by atoms with E-state index < -0.39 is 23.6 Å². The highest BCUT2D eigenvalue weighted by Crippen LogP contribution is 2.36. The van der Waals surface area contributed by atoms with Gasteiger partial charge in [0.1, 0.15) is 34.3 Å². The van der Waals surface area contributed by atoms with Crippen LogP contribution in [0.4, 0.5) is 8.78 Å². The van der Waals surface area contributed by atoms with Gasteiger partial charge in [-0.1, -0.05) is 15.9 Å². The molecular formula is C47H44BBrF2N8O8. The number of carbonyl (C=O) groups excluding carboxylic acids is 3. The Morgan fingerprint density at radius 2 is 1.30 bits per heavy atom. The number of carboxylic acids is 1. The van der Waals surface area contributed by atoms with Gasteiger partial charge in [-0.05, 0) is 106 Å². The van der Waals surface area contributed by atoms with E-state index >= 15 is 0 Å². The number of benzene rings is 2. The summed E-state index contributed by atoms with van der Waals surface area (Å²) in [7, 11) is 4.66. The molecule has 0 amide bonds. The zero-order valence-corrected chi connectivity index (χ0v) is 39.0. The van der Waals surface area contributed by atoms with Crippen molar-refractivity contribution in [1.29, 1.82) is 0 Å². The largest absolute Gasteiger partial charge is 0.498 e. The lowest BCUT2D eigenvalue weighted by Crippen LogP contribution is -2.41. The SMILES string of the molecule is COC(=O)c1ccc(F)c(CC(=O)c2cnc3cc(Br)ccn23)c1.Cn1cc(B2OC(C)(C)C(C)(C)O2)cn1.Cn1nccc1-c1ccn2c(C(=O)Cc3cc(C(=O)O)ccc3F)cnc2c1. The van der Waals surface area contributed by atoms with Crippen molar-refractivity contribution in [3.8, 4) is 11.3 Å². The number of ketones is 2. The van der Waals surface area contributed by atoms with Crippen LogP contribution in [0.5, 0.6) is 0 Å². The number of aromatic carboxylic acids is 1. The number of Topliss-reactive ketones (excluding diaryl/α,β-unsaturated/α-hetero) is 2. The number of rotatable bonds is 10. The summed E-state index contributed by atoms with van der Waals surface area (Å²) in [5.74, 6) is -3.58. The van der Waals surface area contributed by atoms with E-state index in [1.165, 1.54) is 43.8 Å². The molecule has 1 fully saturated rings. The summed E-state index contributed by atoms with van der Waals surface area (Å²) in [5.41, 5.74) is 4.33. The molecule has 1 N–H and O–H groups in total. The number of imidazole rings is 2. The lowest BCUT2D eigenvalue weighted by molar-refractivity contribution is 0.00578. The lowest BCUT2D eigenvalue weighted by Gasteiger charge is -2.32. The minimum absolute atomic E-state index is 0.0337. The summed E-state index contributed by atoms with van der Waals surface area (Å²) in [5, 5.41) is 17.3. The van der Waals surface area contributed by atoms with Crippen molar-refractivity contribution in [2.24, 2.45) is 14.1 Å². The molecule has 0 radical (unpaired) electrons. The summed E-state index contributed by atoms with van der Waals surface area (Å²) in [6.45, 7) is 8.18. The van der Waals surface area contributed by atoms with Gasteiger partial charge in [-0.25, -0.2) is 28.3 Å². The normalized spacial score (nSPS) is 13.7. The average Bonchev–Trinajstić information content (AvgIpc) is 4.13. The number of hydrogen-bond donors (Lipinski definition) is 1. The Bertz CT molecular complexity index is 3160. The molecule has 0 unspecified atom stereocenters. The lowest BCUT2D eigenvalue weighted by atomic mass is 9.82. The molecule has 0 bridgehead atoms. The van der Waals surface area contributed by atoms with E-state index in [0.29, 0.717) is 22.7 Å². The number of esters is 1. The summed E-state index contributed by atoms with van der Waals surface area (Å²) < 4.78 is 52.0. The predicted molar refractivity (Wildman–Crippen MR) is 246 cm³/mol. The van der Waals surface area contributed by atoms with Gasteiger partial charge >= 0.3 is 19.1 Å². The fourth-order valence-corrected chi connectivity index (χ4v) is 7.35. The quantitative estimate of drug-likeness (QED) is 0.0829. The molecule has 1 aliphatic heterocycles. The van der Waals surface area contributed by atoms with Gasteiger partial charge in [-0.3, -0.25) is 27.8 Å². The van der Waals surface area contributed by atoms with Crippen molar-refractivity contribution in [3.05, 3.63) is 160 Å². The maximum Gasteiger partial charge on any atom is 0.498 e. The first kappa shape index (κ1) is 47.8. The number of carboxylic acid groups (broad SMARTS) is 1. The summed E-state index contributed by atoms with van der Waals surface area (Å²) >= 11 is 3.34. The van der Waals surface area contributed by atoms with E-state index in [-0.39, 0.29) is 65.0 Å². The number of nitrogens with zero attached hydrogens (tertiary/aromatic N) is 8. The molecule has 20 heteroatoms. The van der Waals surface area contributed by atoms with Gasteiger partial charge < -0.3 is 19.2 Å². The van der Waals surface area contributed by atoms with E-state index in [4.69, 9.17) is 14.4 Å². The second-order valence-electron chi connectivity index (χ2n) is 16.5. The summed E-state index contributed by atoms with van der Waals surface area (Å²) in [4.78, 5) is 56.3. The van der Waals surface area contributed by atoms with Gasteiger partial charge in [0.05, 0.1) is 47.5 Å². The number of ether oxygens (including phenoxy) is 1. The van der Waals surface area contributed by atoms with Crippen LogP contribution in [0.15, 0.2) is 115 Å². The Balaban J connectivity index is 0.000000156. The Labute approximate surface area is 391 Å². The molecule has 7 heterocycles. The minimum Gasteiger partial charge on any atom is -0.478 e. The average molecular weight is 978 g/mol. The molecule has 0 atom stereocenters. The first-order chi connectivity index (χ1) is 31.7. The Morgan fingerprint density at radius 3 is 1.82 bits per heavy atom. The number of methoxy groups -OCH3 is 1. The Morgan fingerprint density at radius 1 is 0.746 bits per heavy atom. The molecule has 0 aliphatic carbocycles. The number of aromatic nitrogens is 8. The highest BCUT2D eigenvalue weighted by molar-refractivity contribution is 9.10. The van der Waals surface area contributed by atoms with E-state index in [2.05, 4.69) is 40.8 Å². The second kappa shape index (κ2) is 19.4. The standard InChI is InChI=1S/C20H15FN4O3.C17H12BrFN2O3.C10H17BN2O2/c1-24-16(4-6-23-24)12-5-7-25-17(11-22-19(25)10-12)18(26)9-14-8-13(20(27)28)2-3-15(14)21;1-24-17(23)10-2-3-13(19)11(6-10)7-15(22)14-9-20-16-8-12(18)4-5-21(14)16;1-9(2)10(3,4)15-11(14-9)8-6-12-13(5)7-8/h2-8,10-11H,9H2,1H3,(H,27,28);2-6,8-9H,7H2,1H3;6-7H,1-5H3. The molecule has 67 heavy (non-hydrogen) atoms. The molecule has 9 rings (SSSR count). The first-order valence-electron chi connectivity index (χ1n) is 20.6. The molecule has 0 spiro atoms.